The van der Waals surface area contributed by atoms with Crippen molar-refractivity contribution in [3.63, 3.8) is 0 Å². The van der Waals surface area contributed by atoms with Crippen molar-refractivity contribution in [3.05, 3.63) is 119 Å². The molecule has 0 bridgehead atoms. The fourth-order valence-electron chi connectivity index (χ4n) is 6.56. The summed E-state index contributed by atoms with van der Waals surface area (Å²) in [7, 11) is 0. The predicted octanol–water partition coefficient (Wildman–Crippen LogP) is 6.07. The van der Waals surface area contributed by atoms with Crippen molar-refractivity contribution in [3.8, 4) is 22.3 Å². The van der Waals surface area contributed by atoms with E-state index in [9.17, 15) is 10.2 Å². The molecule has 0 fully saturated rings. The zero-order valence-corrected chi connectivity index (χ0v) is 18.7. The zero-order valence-electron chi connectivity index (χ0n) is 18.7. The van der Waals surface area contributed by atoms with Crippen molar-refractivity contribution in [2.24, 2.45) is 0 Å². The first-order valence-electron chi connectivity index (χ1n) is 11.9. The first-order chi connectivity index (χ1) is 16.2. The van der Waals surface area contributed by atoms with Crippen LogP contribution in [-0.4, -0.2) is 23.4 Å². The summed E-state index contributed by atoms with van der Waals surface area (Å²) in [6.07, 6.45) is 2.57. The molecule has 0 saturated heterocycles. The van der Waals surface area contributed by atoms with Crippen LogP contribution in [0, 0.1) is 0 Å². The number of hydrogen-bond acceptors (Lipinski definition) is 2. The second kappa shape index (κ2) is 7.69. The lowest BCUT2D eigenvalue weighted by Crippen LogP contribution is -2.33. The van der Waals surface area contributed by atoms with Crippen molar-refractivity contribution >= 4 is 0 Å². The Morgan fingerprint density at radius 3 is 0.970 bits per heavy atom. The third-order valence-corrected chi connectivity index (χ3v) is 8.10. The van der Waals surface area contributed by atoms with Gasteiger partial charge in [-0.1, -0.05) is 103 Å². The fourth-order valence-corrected chi connectivity index (χ4v) is 6.56. The van der Waals surface area contributed by atoms with Crippen LogP contribution in [0.5, 0.6) is 0 Å². The molecule has 0 saturated carbocycles. The number of aliphatic hydroxyl groups excluding tert-OH is 2. The molecule has 0 unspecified atom stereocenters. The lowest BCUT2D eigenvalue weighted by Gasteiger charge is -2.34. The van der Waals surface area contributed by atoms with E-state index in [-0.39, 0.29) is 13.2 Å². The average Bonchev–Trinajstić information content (AvgIpc) is 3.33. The van der Waals surface area contributed by atoms with E-state index in [0.29, 0.717) is 0 Å². The van der Waals surface area contributed by atoms with Crippen molar-refractivity contribution in [2.45, 2.75) is 30.1 Å². The van der Waals surface area contributed by atoms with Gasteiger partial charge in [0.1, 0.15) is 0 Å². The standard InChI is InChI=1S/C31H28O2/c32-20-30(26-14-5-1-10-22(26)23-11-2-6-15-27(23)30)18-9-19-31(21-33)28-16-7-3-12-24(28)25-13-4-8-17-29(25)31/h1-8,10-17,32-33H,9,18-21H2. The van der Waals surface area contributed by atoms with Crippen LogP contribution in [0.25, 0.3) is 22.3 Å². The summed E-state index contributed by atoms with van der Waals surface area (Å²) in [5.74, 6) is 0. The highest BCUT2D eigenvalue weighted by Gasteiger charge is 2.45. The minimum absolute atomic E-state index is 0.0837. The Bertz CT molecular complexity index is 1140. The topological polar surface area (TPSA) is 40.5 Å². The van der Waals surface area contributed by atoms with Crippen LogP contribution in [0.2, 0.25) is 0 Å². The monoisotopic (exact) mass is 432 g/mol. The van der Waals surface area contributed by atoms with E-state index in [1.807, 2.05) is 0 Å². The third kappa shape index (κ3) is 2.75. The molecule has 164 valence electrons. The molecule has 2 aliphatic carbocycles. The van der Waals surface area contributed by atoms with E-state index >= 15 is 0 Å². The van der Waals surface area contributed by atoms with Crippen LogP contribution in [0.15, 0.2) is 97.1 Å². The zero-order chi connectivity index (χ0) is 22.5. The molecule has 0 aliphatic heterocycles. The van der Waals surface area contributed by atoms with E-state index in [2.05, 4.69) is 97.1 Å². The van der Waals surface area contributed by atoms with Gasteiger partial charge in [0.05, 0.1) is 13.2 Å². The molecule has 0 spiro atoms. The molecular weight excluding hydrogens is 404 g/mol. The molecule has 2 aliphatic rings. The third-order valence-electron chi connectivity index (χ3n) is 8.10. The van der Waals surface area contributed by atoms with Gasteiger partial charge in [-0.05, 0) is 57.3 Å². The van der Waals surface area contributed by atoms with Gasteiger partial charge in [-0.15, -0.1) is 0 Å². The van der Waals surface area contributed by atoms with Crippen LogP contribution in [0.4, 0.5) is 0 Å². The maximum atomic E-state index is 10.8. The van der Waals surface area contributed by atoms with E-state index in [1.165, 1.54) is 44.5 Å². The molecule has 0 atom stereocenters. The van der Waals surface area contributed by atoms with Crippen molar-refractivity contribution in [1.82, 2.24) is 0 Å². The summed E-state index contributed by atoms with van der Waals surface area (Å²) < 4.78 is 0. The Morgan fingerprint density at radius 2 is 0.697 bits per heavy atom. The van der Waals surface area contributed by atoms with Gasteiger partial charge in [-0.2, -0.15) is 0 Å². The largest absolute Gasteiger partial charge is 0.395 e. The maximum absolute atomic E-state index is 10.8. The summed E-state index contributed by atoms with van der Waals surface area (Å²) in [4.78, 5) is 0. The van der Waals surface area contributed by atoms with E-state index in [4.69, 9.17) is 0 Å². The summed E-state index contributed by atoms with van der Waals surface area (Å²) >= 11 is 0. The molecule has 2 nitrogen and oxygen atoms in total. The van der Waals surface area contributed by atoms with Crippen LogP contribution >= 0.6 is 0 Å². The SMILES string of the molecule is OCC1(CCCC2(CO)c3ccccc3-c3ccccc32)c2ccccc2-c2ccccc21. The predicted molar refractivity (Wildman–Crippen MR) is 133 cm³/mol. The van der Waals surface area contributed by atoms with Crippen molar-refractivity contribution < 1.29 is 10.2 Å². The normalized spacial score (nSPS) is 16.1. The summed E-state index contributed by atoms with van der Waals surface area (Å²) in [6.45, 7) is 0.167. The highest BCUT2D eigenvalue weighted by Crippen LogP contribution is 2.54. The molecule has 4 aromatic carbocycles. The van der Waals surface area contributed by atoms with Gasteiger partial charge in [0, 0.05) is 10.8 Å². The van der Waals surface area contributed by atoms with Crippen molar-refractivity contribution in [2.75, 3.05) is 13.2 Å². The Labute approximate surface area is 195 Å². The molecule has 0 aromatic heterocycles. The quantitative estimate of drug-likeness (QED) is 0.388. The van der Waals surface area contributed by atoms with E-state index < -0.39 is 10.8 Å². The molecule has 0 radical (unpaired) electrons. The first-order valence-corrected chi connectivity index (χ1v) is 11.9. The molecule has 2 heteroatoms. The second-order valence-electron chi connectivity index (χ2n) is 9.52. The van der Waals surface area contributed by atoms with Crippen LogP contribution in [-0.2, 0) is 10.8 Å². The van der Waals surface area contributed by atoms with Gasteiger partial charge < -0.3 is 10.2 Å². The summed E-state index contributed by atoms with van der Waals surface area (Å²) in [5.41, 5.74) is 9.01. The van der Waals surface area contributed by atoms with Gasteiger partial charge in [0.25, 0.3) is 0 Å². The van der Waals surface area contributed by atoms with Crippen molar-refractivity contribution in [1.29, 1.82) is 0 Å². The van der Waals surface area contributed by atoms with Gasteiger partial charge in [-0.25, -0.2) is 0 Å². The minimum Gasteiger partial charge on any atom is -0.395 e. The second-order valence-corrected chi connectivity index (χ2v) is 9.52. The van der Waals surface area contributed by atoms with Gasteiger partial charge >= 0.3 is 0 Å². The Kier molecular flexibility index (Phi) is 4.76. The summed E-state index contributed by atoms with van der Waals surface area (Å²) in [6, 6.07) is 34.0. The molecule has 0 amide bonds. The molecular formula is C31H28O2. The fraction of sp³-hybridized carbons (Fsp3) is 0.226. The Hall–Kier alpha value is -3.20. The number of aliphatic hydroxyl groups is 2. The molecule has 2 N–H and O–H groups in total. The minimum atomic E-state index is -0.401. The lowest BCUT2D eigenvalue weighted by molar-refractivity contribution is 0.191. The summed E-state index contributed by atoms with van der Waals surface area (Å²) in [5, 5.41) is 21.6. The number of rotatable bonds is 6. The van der Waals surface area contributed by atoms with E-state index in [0.717, 1.165) is 19.3 Å². The van der Waals surface area contributed by atoms with Gasteiger partial charge in [0.2, 0.25) is 0 Å². The molecule has 0 heterocycles. The maximum Gasteiger partial charge on any atom is 0.0569 e. The molecule has 33 heavy (non-hydrogen) atoms. The average molecular weight is 433 g/mol. The molecule has 4 aromatic rings. The highest BCUT2D eigenvalue weighted by molar-refractivity contribution is 5.82. The lowest BCUT2D eigenvalue weighted by atomic mass is 9.70. The number of fused-ring (bicyclic) bond motifs is 6. The van der Waals surface area contributed by atoms with Gasteiger partial charge in [-0.3, -0.25) is 0 Å². The van der Waals surface area contributed by atoms with Gasteiger partial charge in [0.15, 0.2) is 0 Å². The number of benzene rings is 4. The van der Waals surface area contributed by atoms with Crippen LogP contribution in [0.1, 0.15) is 41.5 Å². The molecule has 6 rings (SSSR count). The smallest absolute Gasteiger partial charge is 0.0569 e. The highest BCUT2D eigenvalue weighted by atomic mass is 16.3. The van der Waals surface area contributed by atoms with Crippen LogP contribution in [0.3, 0.4) is 0 Å². The van der Waals surface area contributed by atoms with E-state index in [1.54, 1.807) is 0 Å². The number of hydrogen-bond donors (Lipinski definition) is 2. The Morgan fingerprint density at radius 1 is 0.424 bits per heavy atom. The Balaban J connectivity index is 1.39. The first kappa shape index (κ1) is 20.4. The van der Waals surface area contributed by atoms with Crippen LogP contribution < -0.4 is 0 Å².